The lowest BCUT2D eigenvalue weighted by Gasteiger charge is -2.23. The Morgan fingerprint density at radius 2 is 2.36 bits per heavy atom. The van der Waals surface area contributed by atoms with E-state index in [9.17, 15) is 0 Å². The van der Waals surface area contributed by atoms with Gasteiger partial charge in [0.1, 0.15) is 5.50 Å². The molecule has 1 unspecified atom stereocenters. The van der Waals surface area contributed by atoms with Gasteiger partial charge in [-0.2, -0.15) is 0 Å². The molecule has 1 heterocycles. The second-order valence-electron chi connectivity index (χ2n) is 2.36. The molecule has 1 nitrogen and oxygen atoms in total. The smallest absolute Gasteiger partial charge is 0.114 e. The van der Waals surface area contributed by atoms with Gasteiger partial charge in [-0.1, -0.05) is 31.0 Å². The number of nitrogens with zero attached hydrogens (tertiary/aromatic N) is 1. The van der Waals surface area contributed by atoms with Crippen LogP contribution in [-0.4, -0.2) is 9.81 Å². The van der Waals surface area contributed by atoms with Crippen LogP contribution in [0.4, 0.5) is 0 Å². The maximum Gasteiger partial charge on any atom is 0.114 e. The minimum absolute atomic E-state index is 0.131. The summed E-state index contributed by atoms with van der Waals surface area (Å²) in [5.41, 5.74) is 0.131. The SMILES string of the molecule is CCCC(Cl)N1C=CC=CS1. The topological polar surface area (TPSA) is 3.24 Å². The lowest BCUT2D eigenvalue weighted by Crippen LogP contribution is -2.18. The first-order chi connectivity index (χ1) is 5.34. The Hall–Kier alpha value is -0.0800. The zero-order valence-electron chi connectivity index (χ0n) is 6.53. The molecule has 62 valence electrons. The molecule has 0 N–H and O–H groups in total. The zero-order valence-corrected chi connectivity index (χ0v) is 8.11. The molecule has 1 aliphatic rings. The Balaban J connectivity index is 2.35. The molecule has 0 bridgehead atoms. The second-order valence-corrected chi connectivity index (χ2v) is 3.77. The number of rotatable bonds is 3. The first kappa shape index (κ1) is 9.01. The van der Waals surface area contributed by atoms with Crippen molar-refractivity contribution in [3.8, 4) is 0 Å². The monoisotopic (exact) mass is 189 g/mol. The van der Waals surface area contributed by atoms with Gasteiger partial charge in [0.25, 0.3) is 0 Å². The van der Waals surface area contributed by atoms with Crippen LogP contribution in [0.25, 0.3) is 0 Å². The number of alkyl halides is 1. The number of hydrogen-bond donors (Lipinski definition) is 0. The maximum absolute atomic E-state index is 6.08. The molecule has 0 aromatic carbocycles. The van der Waals surface area contributed by atoms with E-state index in [-0.39, 0.29) is 5.50 Å². The summed E-state index contributed by atoms with van der Waals surface area (Å²) in [5.74, 6) is 0. The molecule has 0 amide bonds. The lowest BCUT2D eigenvalue weighted by atomic mass is 10.3. The van der Waals surface area contributed by atoms with Crippen LogP contribution in [0.2, 0.25) is 0 Å². The van der Waals surface area contributed by atoms with E-state index in [2.05, 4.69) is 11.2 Å². The maximum atomic E-state index is 6.08. The van der Waals surface area contributed by atoms with Gasteiger partial charge in [0.05, 0.1) is 0 Å². The lowest BCUT2D eigenvalue weighted by molar-refractivity contribution is 0.528. The molecule has 0 aromatic rings. The van der Waals surface area contributed by atoms with Crippen LogP contribution in [0, 0.1) is 0 Å². The van der Waals surface area contributed by atoms with E-state index in [1.54, 1.807) is 11.9 Å². The van der Waals surface area contributed by atoms with Gasteiger partial charge in [-0.05, 0) is 29.9 Å². The third-order valence-electron chi connectivity index (χ3n) is 1.41. The average Bonchev–Trinajstić information content (AvgIpc) is 2.07. The normalized spacial score (nSPS) is 18.9. The van der Waals surface area contributed by atoms with Gasteiger partial charge in [0, 0.05) is 6.20 Å². The van der Waals surface area contributed by atoms with Crippen LogP contribution in [0.5, 0.6) is 0 Å². The van der Waals surface area contributed by atoms with Crippen molar-refractivity contribution in [3.63, 3.8) is 0 Å². The quantitative estimate of drug-likeness (QED) is 0.381. The Bertz CT molecular complexity index is 167. The third kappa shape index (κ3) is 2.80. The molecule has 0 spiro atoms. The van der Waals surface area contributed by atoms with E-state index in [1.807, 2.05) is 23.8 Å². The Morgan fingerprint density at radius 1 is 1.55 bits per heavy atom. The largest absolute Gasteiger partial charge is 0.302 e. The number of halogens is 1. The highest BCUT2D eigenvalue weighted by atomic mass is 35.5. The van der Waals surface area contributed by atoms with Crippen LogP contribution >= 0.6 is 23.5 Å². The van der Waals surface area contributed by atoms with E-state index in [4.69, 9.17) is 11.6 Å². The van der Waals surface area contributed by atoms with Crippen LogP contribution in [-0.2, 0) is 0 Å². The average molecular weight is 190 g/mol. The minimum Gasteiger partial charge on any atom is -0.302 e. The fourth-order valence-corrected chi connectivity index (χ4v) is 1.95. The molecule has 0 saturated heterocycles. The second kappa shape index (κ2) is 4.73. The van der Waals surface area contributed by atoms with Crippen LogP contribution in [0.1, 0.15) is 19.8 Å². The Labute approximate surface area is 77.2 Å². The van der Waals surface area contributed by atoms with Crippen molar-refractivity contribution >= 4 is 23.5 Å². The van der Waals surface area contributed by atoms with Crippen LogP contribution in [0.15, 0.2) is 23.8 Å². The molecular weight excluding hydrogens is 178 g/mol. The van der Waals surface area contributed by atoms with E-state index in [0.29, 0.717) is 0 Å². The first-order valence-electron chi connectivity index (χ1n) is 3.77. The zero-order chi connectivity index (χ0) is 8.10. The van der Waals surface area contributed by atoms with Crippen molar-refractivity contribution in [2.75, 3.05) is 0 Å². The summed E-state index contributed by atoms with van der Waals surface area (Å²) in [7, 11) is 0. The van der Waals surface area contributed by atoms with Crippen molar-refractivity contribution in [2.45, 2.75) is 25.3 Å². The summed E-state index contributed by atoms with van der Waals surface area (Å²) in [6, 6.07) is 0. The molecule has 0 aromatic heterocycles. The molecular formula is C8H12ClNS. The predicted molar refractivity (Wildman–Crippen MR) is 52.3 cm³/mol. The molecule has 1 aliphatic heterocycles. The molecule has 0 aliphatic carbocycles. The molecule has 1 atom stereocenters. The van der Waals surface area contributed by atoms with Crippen LogP contribution in [0.3, 0.4) is 0 Å². The summed E-state index contributed by atoms with van der Waals surface area (Å²) >= 11 is 7.72. The van der Waals surface area contributed by atoms with Gasteiger partial charge >= 0.3 is 0 Å². The summed E-state index contributed by atoms with van der Waals surface area (Å²) < 4.78 is 2.06. The molecule has 11 heavy (non-hydrogen) atoms. The molecule has 0 saturated carbocycles. The fraction of sp³-hybridized carbons (Fsp3) is 0.500. The minimum atomic E-state index is 0.131. The van der Waals surface area contributed by atoms with Crippen molar-refractivity contribution in [1.82, 2.24) is 4.31 Å². The van der Waals surface area contributed by atoms with Crippen molar-refractivity contribution in [3.05, 3.63) is 23.8 Å². The molecule has 0 radical (unpaired) electrons. The van der Waals surface area contributed by atoms with Crippen LogP contribution < -0.4 is 0 Å². The summed E-state index contributed by atoms with van der Waals surface area (Å²) in [6.07, 6.45) is 8.19. The van der Waals surface area contributed by atoms with Gasteiger partial charge in [-0.3, -0.25) is 0 Å². The highest BCUT2D eigenvalue weighted by Crippen LogP contribution is 2.24. The Morgan fingerprint density at radius 3 is 2.91 bits per heavy atom. The van der Waals surface area contributed by atoms with E-state index in [0.717, 1.165) is 12.8 Å². The number of allylic oxidation sites excluding steroid dienone is 2. The fourth-order valence-electron chi connectivity index (χ4n) is 0.845. The summed E-state index contributed by atoms with van der Waals surface area (Å²) in [6.45, 7) is 2.14. The summed E-state index contributed by atoms with van der Waals surface area (Å²) in [4.78, 5) is 0. The molecule has 3 heteroatoms. The predicted octanol–water partition coefficient (Wildman–Crippen LogP) is 3.34. The van der Waals surface area contributed by atoms with Gasteiger partial charge < -0.3 is 4.31 Å². The summed E-state index contributed by atoms with van der Waals surface area (Å²) in [5, 5.41) is 2.03. The van der Waals surface area contributed by atoms with E-state index >= 15 is 0 Å². The Kier molecular flexibility index (Phi) is 3.87. The van der Waals surface area contributed by atoms with Gasteiger partial charge in [0.15, 0.2) is 0 Å². The third-order valence-corrected chi connectivity index (χ3v) is 2.85. The van der Waals surface area contributed by atoms with Gasteiger partial charge in [-0.25, -0.2) is 0 Å². The molecule has 1 rings (SSSR count). The highest BCUT2D eigenvalue weighted by Gasteiger charge is 2.11. The van der Waals surface area contributed by atoms with Crippen molar-refractivity contribution < 1.29 is 0 Å². The van der Waals surface area contributed by atoms with E-state index < -0.39 is 0 Å². The van der Waals surface area contributed by atoms with Gasteiger partial charge in [0.2, 0.25) is 0 Å². The first-order valence-corrected chi connectivity index (χ1v) is 5.04. The number of hydrogen-bond acceptors (Lipinski definition) is 2. The van der Waals surface area contributed by atoms with E-state index in [1.165, 1.54) is 0 Å². The standard InChI is InChI=1S/C8H12ClNS/c1-2-5-8(9)10-6-3-4-7-11-10/h3-4,6-8H,2,5H2,1H3. The van der Waals surface area contributed by atoms with Gasteiger partial charge in [-0.15, -0.1) is 0 Å². The highest BCUT2D eigenvalue weighted by molar-refractivity contribution is 8.00. The van der Waals surface area contributed by atoms with Crippen molar-refractivity contribution in [2.24, 2.45) is 0 Å². The van der Waals surface area contributed by atoms with Crippen molar-refractivity contribution in [1.29, 1.82) is 0 Å². The molecule has 0 fully saturated rings.